The van der Waals surface area contributed by atoms with E-state index in [-0.39, 0.29) is 0 Å². The van der Waals surface area contributed by atoms with Gasteiger partial charge in [0.05, 0.1) is 62.3 Å². The number of rotatable bonds is 4. The molecule has 0 aliphatic carbocycles. The first-order chi connectivity index (χ1) is 27.3. The van der Waals surface area contributed by atoms with Crippen molar-refractivity contribution in [3.05, 3.63) is 193 Å². The maximum atomic E-state index is 11.7. The van der Waals surface area contributed by atoms with Crippen molar-refractivity contribution < 1.29 is 0 Å². The van der Waals surface area contributed by atoms with Crippen LogP contribution in [0.5, 0.6) is 0 Å². The molecule has 0 radical (unpaired) electrons. The molecule has 0 aliphatic rings. The van der Waals surface area contributed by atoms with Crippen LogP contribution in [0.1, 0.15) is 5.56 Å². The van der Waals surface area contributed by atoms with E-state index in [0.29, 0.717) is 22.5 Å². The van der Waals surface area contributed by atoms with Gasteiger partial charge in [0.15, 0.2) is 0 Å². The van der Waals surface area contributed by atoms with Gasteiger partial charge in [-0.05, 0) is 42.0 Å². The molecule has 0 spiro atoms. The average Bonchev–Trinajstić information content (AvgIpc) is 3.89. The summed E-state index contributed by atoms with van der Waals surface area (Å²) in [5, 5.41) is 18.2. The van der Waals surface area contributed by atoms with E-state index in [9.17, 15) is 5.26 Å². The Morgan fingerprint density at radius 3 is 1.04 bits per heavy atom. The Balaban J connectivity index is 1.51. The number of aromatic nitrogens is 3. The Morgan fingerprint density at radius 1 is 0.382 bits per heavy atom. The summed E-state index contributed by atoms with van der Waals surface area (Å²) in [6.45, 7) is 9.11. The Labute approximate surface area is 316 Å². The van der Waals surface area contributed by atoms with E-state index >= 15 is 0 Å². The topological polar surface area (TPSA) is 42.9 Å². The SMILES string of the molecule is [C-]#[N+]c1c(-c2ccccc2)c(C#N)c(-n2c3ccccc3c3ccccc32)c(-n2c3ccccc3c3ccccc32)c1-n1c2ccccc2c2ccccc21. The lowest BCUT2D eigenvalue weighted by atomic mass is 9.93. The van der Waals surface area contributed by atoms with Crippen molar-refractivity contribution in [2.45, 2.75) is 0 Å². The molecule has 5 nitrogen and oxygen atoms in total. The summed E-state index contributed by atoms with van der Waals surface area (Å²) in [6.07, 6.45) is 0. The third-order valence-corrected chi connectivity index (χ3v) is 11.1. The normalized spacial score (nSPS) is 11.6. The Hall–Kier alpha value is -7.86. The van der Waals surface area contributed by atoms with Crippen molar-refractivity contribution in [1.29, 1.82) is 5.26 Å². The van der Waals surface area contributed by atoms with Gasteiger partial charge >= 0.3 is 0 Å². The van der Waals surface area contributed by atoms with Crippen LogP contribution in [0.15, 0.2) is 176 Å². The van der Waals surface area contributed by atoms with Crippen LogP contribution in [0.2, 0.25) is 0 Å². The van der Waals surface area contributed by atoms with E-state index in [1.54, 1.807) is 0 Å². The molecule has 0 fully saturated rings. The first-order valence-electron chi connectivity index (χ1n) is 18.3. The molecule has 0 unspecified atom stereocenters. The van der Waals surface area contributed by atoms with Gasteiger partial charge in [-0.2, -0.15) is 5.26 Å². The van der Waals surface area contributed by atoms with Gasteiger partial charge in [0.25, 0.3) is 0 Å². The molecule has 0 aliphatic heterocycles. The number of hydrogen-bond acceptors (Lipinski definition) is 1. The minimum Gasteiger partial charge on any atom is -0.317 e. The van der Waals surface area contributed by atoms with Gasteiger partial charge in [0.1, 0.15) is 6.07 Å². The number of fused-ring (bicyclic) bond motifs is 9. The predicted octanol–water partition coefficient (Wildman–Crippen LogP) is 13.1. The van der Waals surface area contributed by atoms with Crippen LogP contribution in [0, 0.1) is 17.9 Å². The molecular weight excluding hydrogens is 671 g/mol. The lowest BCUT2D eigenvalue weighted by Gasteiger charge is -2.26. The zero-order valence-electron chi connectivity index (χ0n) is 29.5. The van der Waals surface area contributed by atoms with Crippen molar-refractivity contribution >= 4 is 71.1 Å². The van der Waals surface area contributed by atoms with Crippen LogP contribution < -0.4 is 0 Å². The molecule has 5 heteroatoms. The number of benzene rings is 8. The molecule has 55 heavy (non-hydrogen) atoms. The maximum absolute atomic E-state index is 11.7. The van der Waals surface area contributed by atoms with E-state index < -0.39 is 0 Å². The highest BCUT2D eigenvalue weighted by Gasteiger charge is 2.33. The van der Waals surface area contributed by atoms with Crippen LogP contribution in [0.4, 0.5) is 5.69 Å². The third-order valence-electron chi connectivity index (χ3n) is 11.1. The summed E-state index contributed by atoms with van der Waals surface area (Å²) in [6, 6.07) is 63.2. The summed E-state index contributed by atoms with van der Waals surface area (Å²) >= 11 is 0. The molecular formula is C50H29N5. The van der Waals surface area contributed by atoms with E-state index in [0.717, 1.165) is 82.4 Å². The zero-order valence-corrected chi connectivity index (χ0v) is 29.5. The Bertz CT molecular complexity index is 3140. The van der Waals surface area contributed by atoms with E-state index in [2.05, 4.69) is 170 Å². The summed E-state index contributed by atoms with van der Waals surface area (Å²) in [4.78, 5) is 4.46. The largest absolute Gasteiger partial charge is 0.317 e. The van der Waals surface area contributed by atoms with Crippen molar-refractivity contribution in [2.75, 3.05) is 0 Å². The van der Waals surface area contributed by atoms with Crippen molar-refractivity contribution in [2.24, 2.45) is 0 Å². The Morgan fingerprint density at radius 2 is 0.691 bits per heavy atom. The molecule has 3 aromatic heterocycles. The summed E-state index contributed by atoms with van der Waals surface area (Å²) < 4.78 is 6.83. The average molecular weight is 700 g/mol. The smallest absolute Gasteiger partial charge is 0.221 e. The highest BCUT2D eigenvalue weighted by molar-refractivity contribution is 6.15. The molecule has 11 rings (SSSR count). The van der Waals surface area contributed by atoms with Crippen LogP contribution >= 0.6 is 0 Å². The summed E-state index contributed by atoms with van der Waals surface area (Å²) in [7, 11) is 0. The number of para-hydroxylation sites is 6. The lowest BCUT2D eigenvalue weighted by molar-refractivity contribution is 1.05. The number of hydrogen-bond donors (Lipinski definition) is 0. The van der Waals surface area contributed by atoms with Crippen LogP contribution in [0.3, 0.4) is 0 Å². The minimum atomic E-state index is 0.413. The fourth-order valence-electron chi connectivity index (χ4n) is 8.93. The van der Waals surface area contributed by atoms with Crippen molar-refractivity contribution in [3.63, 3.8) is 0 Å². The van der Waals surface area contributed by atoms with Gasteiger partial charge in [-0.25, -0.2) is 4.85 Å². The second-order valence-electron chi connectivity index (χ2n) is 13.8. The van der Waals surface area contributed by atoms with Crippen molar-refractivity contribution in [3.8, 4) is 34.3 Å². The maximum Gasteiger partial charge on any atom is 0.221 e. The van der Waals surface area contributed by atoms with Gasteiger partial charge in [0, 0.05) is 37.9 Å². The van der Waals surface area contributed by atoms with Crippen LogP contribution in [-0.4, -0.2) is 13.7 Å². The van der Waals surface area contributed by atoms with E-state index in [4.69, 9.17) is 6.57 Å². The van der Waals surface area contributed by atoms with Gasteiger partial charge in [-0.1, -0.05) is 140 Å². The fourth-order valence-corrected chi connectivity index (χ4v) is 8.93. The van der Waals surface area contributed by atoms with Crippen LogP contribution in [0.25, 0.3) is 98.5 Å². The highest BCUT2D eigenvalue weighted by Crippen LogP contribution is 2.51. The van der Waals surface area contributed by atoms with Gasteiger partial charge in [-0.3, -0.25) is 0 Å². The molecule has 3 heterocycles. The number of nitrogens with zero attached hydrogens (tertiary/aromatic N) is 5. The second-order valence-corrected chi connectivity index (χ2v) is 13.8. The van der Waals surface area contributed by atoms with Crippen LogP contribution in [-0.2, 0) is 0 Å². The second kappa shape index (κ2) is 11.8. The van der Waals surface area contributed by atoms with E-state index in [1.165, 1.54) is 0 Å². The van der Waals surface area contributed by atoms with Gasteiger partial charge < -0.3 is 13.7 Å². The number of nitriles is 1. The highest BCUT2D eigenvalue weighted by atomic mass is 15.1. The summed E-state index contributed by atoms with van der Waals surface area (Å²) in [5.74, 6) is 0. The molecule has 0 bridgehead atoms. The Kier molecular flexibility index (Phi) is 6.61. The molecule has 0 atom stereocenters. The predicted molar refractivity (Wildman–Crippen MR) is 226 cm³/mol. The summed E-state index contributed by atoms with van der Waals surface area (Å²) in [5.41, 5.74) is 10.3. The van der Waals surface area contributed by atoms with Gasteiger partial charge in [0.2, 0.25) is 5.69 Å². The molecule has 0 N–H and O–H groups in total. The first-order valence-corrected chi connectivity index (χ1v) is 18.3. The zero-order chi connectivity index (χ0) is 36.6. The molecule has 11 aromatic rings. The quantitative estimate of drug-likeness (QED) is 0.169. The third kappa shape index (κ3) is 4.21. The molecule has 8 aromatic carbocycles. The van der Waals surface area contributed by atoms with Crippen molar-refractivity contribution in [1.82, 2.24) is 13.7 Å². The molecule has 0 amide bonds. The standard InChI is InChI=1S/C50H29N5/c1-52-47-46(32-17-3-2-4-18-32)39(31-51)48(53-40-25-11-5-19-33(40)34-20-6-12-26-41(34)53)50(55-44-29-15-9-23-37(44)38-24-10-16-30-45(38)55)49(47)54-42-27-13-7-21-35(42)36-22-8-14-28-43(36)54/h2-30H. The minimum absolute atomic E-state index is 0.413. The first kappa shape index (κ1) is 30.7. The lowest BCUT2D eigenvalue weighted by Crippen LogP contribution is -2.12. The van der Waals surface area contributed by atoms with E-state index in [1.807, 2.05) is 30.3 Å². The fraction of sp³-hybridized carbons (Fsp3) is 0. The monoisotopic (exact) mass is 699 g/mol. The van der Waals surface area contributed by atoms with Gasteiger partial charge in [-0.15, -0.1) is 0 Å². The molecule has 0 saturated heterocycles. The molecule has 254 valence electrons. The molecule has 0 saturated carbocycles.